The third-order valence-electron chi connectivity index (χ3n) is 7.65. The molecular weight excluding hydrogens is 665 g/mol. The molecule has 0 bridgehead atoms. The molecule has 51 heavy (non-hydrogen) atoms. The van der Waals surface area contributed by atoms with Gasteiger partial charge in [0, 0.05) is 89.3 Å². The van der Waals surface area contributed by atoms with E-state index in [1.165, 1.54) is 26.7 Å². The van der Waals surface area contributed by atoms with E-state index < -0.39 is 0 Å². The number of rotatable bonds is 13. The zero-order valence-corrected chi connectivity index (χ0v) is 32.5. The number of nitrogens with zero attached hydrogens (tertiary/aromatic N) is 2. The molecule has 2 amide bonds. The molecule has 3 radical (unpaired) electrons. The van der Waals surface area contributed by atoms with Crippen molar-refractivity contribution in [2.75, 3.05) is 53.7 Å². The molecule has 3 N–H and O–H groups in total. The minimum absolute atomic E-state index is 0. The number of methoxy groups -OCH3 is 2. The van der Waals surface area contributed by atoms with Crippen LogP contribution in [0.15, 0.2) is 48.8 Å². The summed E-state index contributed by atoms with van der Waals surface area (Å²) in [5.74, 6) is 1.21. The summed E-state index contributed by atoms with van der Waals surface area (Å²) in [5, 5.41) is 16.8. The number of carbonyl (C=O) groups is 3. The standard InChI is InChI=1S/C17H22N2O4.C15H20N2O3.C4H8O.B.Li.H3P.H/c1-4-23-17(21)11-19-10-13(7-8-18-12(2)20)15-9-14(22-3)5-6-16(15)19;1-11(19)16-6-5-12-10-17(7-8-18)15-4-3-13(20-2)9-14(12)15;1-2-4-5-3-1;;;;/h5-6,9-10H,4,7-8,11H2,1-3H3,(H,18,20);3-4,9-10,18H,5-8H2,1-2H3,(H,16,19);1-4H2;;;1H3;/q;;;;+1;;-1. The Balaban J connectivity index is 0. The number of fused-ring (bicyclic) bond motifs is 2. The van der Waals surface area contributed by atoms with Crippen molar-refractivity contribution in [3.05, 3.63) is 59.9 Å². The van der Waals surface area contributed by atoms with Gasteiger partial charge in [0.05, 0.1) is 27.4 Å². The Morgan fingerprint density at radius 3 is 1.71 bits per heavy atom. The predicted octanol–water partition coefficient (Wildman–Crippen LogP) is 0.803. The van der Waals surface area contributed by atoms with Crippen molar-refractivity contribution in [1.82, 2.24) is 19.8 Å². The number of benzene rings is 2. The first-order valence-corrected chi connectivity index (χ1v) is 16.3. The van der Waals surface area contributed by atoms with Crippen molar-refractivity contribution in [2.24, 2.45) is 0 Å². The molecule has 1 aliphatic rings. The maximum Gasteiger partial charge on any atom is 1.00 e. The largest absolute Gasteiger partial charge is 1.00 e. The van der Waals surface area contributed by atoms with Gasteiger partial charge in [-0.15, -0.1) is 0 Å². The Kier molecular flexibility index (Phi) is 23.8. The van der Waals surface area contributed by atoms with E-state index in [-0.39, 0.29) is 69.5 Å². The van der Waals surface area contributed by atoms with E-state index in [0.29, 0.717) is 32.7 Å². The zero-order valence-electron chi connectivity index (χ0n) is 32.1. The summed E-state index contributed by atoms with van der Waals surface area (Å²) in [6, 6.07) is 11.6. The van der Waals surface area contributed by atoms with Crippen LogP contribution in [0.25, 0.3) is 21.8 Å². The van der Waals surface area contributed by atoms with Gasteiger partial charge in [-0.3, -0.25) is 14.4 Å². The number of nitrogens with one attached hydrogen (secondary N) is 2. The van der Waals surface area contributed by atoms with Crippen LogP contribution in [0.1, 0.15) is 46.2 Å². The minimum Gasteiger partial charge on any atom is -1.00 e. The van der Waals surface area contributed by atoms with Crippen LogP contribution in [0.3, 0.4) is 0 Å². The number of aromatic nitrogens is 2. The summed E-state index contributed by atoms with van der Waals surface area (Å²) in [6.07, 6.45) is 7.95. The number of aliphatic hydroxyl groups excluding tert-OH is 1. The molecule has 3 heterocycles. The van der Waals surface area contributed by atoms with Crippen molar-refractivity contribution in [1.29, 1.82) is 0 Å². The molecule has 15 heteroatoms. The monoisotopic (exact) mass is 719 g/mol. The third kappa shape index (κ3) is 15.4. The molecule has 1 aliphatic heterocycles. The molecule has 1 saturated heterocycles. The summed E-state index contributed by atoms with van der Waals surface area (Å²) >= 11 is 0. The third-order valence-corrected chi connectivity index (χ3v) is 7.65. The van der Waals surface area contributed by atoms with E-state index >= 15 is 0 Å². The Hall–Kier alpha value is -3.46. The van der Waals surface area contributed by atoms with Crippen LogP contribution in [0.2, 0.25) is 0 Å². The van der Waals surface area contributed by atoms with Gasteiger partial charge in [0.1, 0.15) is 18.0 Å². The molecule has 0 aliphatic carbocycles. The SMILES string of the molecule is C1CCOC1.CCOC(=O)Cn1cc(CCNC(C)=O)c2cc(OC)ccc21.COc1ccc2c(c1)c(CCNC(C)=O)cn2CCO.P.[B].[H-].[Li+]. The first-order chi connectivity index (χ1) is 23.2. The molecule has 4 aromatic rings. The molecule has 2 aromatic heterocycles. The van der Waals surface area contributed by atoms with Crippen LogP contribution in [0, 0.1) is 0 Å². The number of hydrogen-bond acceptors (Lipinski definition) is 8. The van der Waals surface area contributed by atoms with Crippen LogP contribution < -0.4 is 39.0 Å². The fraction of sp³-hybridized carbons (Fsp3) is 0.472. The van der Waals surface area contributed by atoms with Gasteiger partial charge in [0.15, 0.2) is 0 Å². The van der Waals surface area contributed by atoms with E-state index in [1.54, 1.807) is 21.1 Å². The second kappa shape index (κ2) is 25.5. The van der Waals surface area contributed by atoms with Gasteiger partial charge in [-0.1, -0.05) is 0 Å². The van der Waals surface area contributed by atoms with Gasteiger partial charge in [-0.2, -0.15) is 9.90 Å². The van der Waals surface area contributed by atoms with Crippen molar-refractivity contribution in [3.63, 3.8) is 0 Å². The number of amides is 2. The first kappa shape index (κ1) is 47.5. The topological polar surface area (TPSA) is 142 Å². The molecular formula is C36H54BLiN4O8P. The normalized spacial score (nSPS) is 11.3. The van der Waals surface area contributed by atoms with Gasteiger partial charge in [-0.25, -0.2) is 0 Å². The molecule has 2 aromatic carbocycles. The molecule has 275 valence electrons. The van der Waals surface area contributed by atoms with Crippen molar-refractivity contribution < 1.29 is 58.7 Å². The number of carbonyl (C=O) groups excluding carboxylic acids is 3. The molecule has 5 rings (SSSR count). The van der Waals surface area contributed by atoms with Gasteiger partial charge in [0.25, 0.3) is 0 Å². The zero-order chi connectivity index (χ0) is 34.9. The van der Waals surface area contributed by atoms with Gasteiger partial charge < -0.3 is 45.2 Å². The van der Waals surface area contributed by atoms with Crippen molar-refractivity contribution >= 4 is 57.9 Å². The van der Waals surface area contributed by atoms with Gasteiger partial charge >= 0.3 is 24.8 Å². The molecule has 1 atom stereocenters. The summed E-state index contributed by atoms with van der Waals surface area (Å²) in [7, 11) is 3.26. The van der Waals surface area contributed by atoms with Gasteiger partial charge in [-0.05, 0) is 80.1 Å². The predicted molar refractivity (Wildman–Crippen MR) is 203 cm³/mol. The van der Waals surface area contributed by atoms with E-state index in [1.807, 2.05) is 57.9 Å². The summed E-state index contributed by atoms with van der Waals surface area (Å²) in [5.41, 5.74) is 4.20. The van der Waals surface area contributed by atoms with Crippen LogP contribution >= 0.6 is 9.90 Å². The molecule has 0 spiro atoms. The number of ether oxygens (including phenoxy) is 4. The second-order valence-corrected chi connectivity index (χ2v) is 11.2. The van der Waals surface area contributed by atoms with E-state index in [0.717, 1.165) is 64.1 Å². The number of hydrogen-bond donors (Lipinski definition) is 3. The summed E-state index contributed by atoms with van der Waals surface area (Å²) in [4.78, 5) is 33.7. The maximum atomic E-state index is 11.8. The first-order valence-electron chi connectivity index (χ1n) is 16.3. The Labute approximate surface area is 320 Å². The average Bonchev–Trinajstić information content (AvgIpc) is 3.83. The van der Waals surface area contributed by atoms with Crippen molar-refractivity contribution in [3.8, 4) is 11.5 Å². The summed E-state index contributed by atoms with van der Waals surface area (Å²) in [6.45, 7) is 9.12. The summed E-state index contributed by atoms with van der Waals surface area (Å²) < 4.78 is 24.4. The minimum atomic E-state index is -0.270. The smallest absolute Gasteiger partial charge is 1.00 e. The van der Waals surface area contributed by atoms with Crippen LogP contribution in [-0.2, 0) is 49.8 Å². The molecule has 12 nitrogen and oxygen atoms in total. The fourth-order valence-electron chi connectivity index (χ4n) is 5.38. The second-order valence-electron chi connectivity index (χ2n) is 11.2. The van der Waals surface area contributed by atoms with Gasteiger partial charge in [0.2, 0.25) is 11.8 Å². The number of aliphatic hydroxyl groups is 1. The quantitative estimate of drug-likeness (QED) is 0.105. The maximum absolute atomic E-state index is 11.8. The average molecular weight is 720 g/mol. The van der Waals surface area contributed by atoms with E-state index in [2.05, 4.69) is 10.6 Å². The van der Waals surface area contributed by atoms with Crippen LogP contribution in [0.5, 0.6) is 11.5 Å². The number of esters is 1. The molecule has 0 saturated carbocycles. The molecule has 1 fully saturated rings. The van der Waals surface area contributed by atoms with Crippen LogP contribution in [0.4, 0.5) is 0 Å². The van der Waals surface area contributed by atoms with E-state index in [4.69, 9.17) is 24.1 Å². The van der Waals surface area contributed by atoms with Crippen molar-refractivity contribution in [2.45, 2.75) is 59.5 Å². The molecule has 1 unspecified atom stereocenters. The van der Waals surface area contributed by atoms with E-state index in [9.17, 15) is 14.4 Å². The van der Waals surface area contributed by atoms with Crippen LogP contribution in [-0.4, -0.2) is 94.2 Å². The Bertz CT molecular complexity index is 1640. The fourth-order valence-corrected chi connectivity index (χ4v) is 5.38. The Morgan fingerprint density at radius 2 is 1.31 bits per heavy atom. The Morgan fingerprint density at radius 1 is 0.843 bits per heavy atom.